The third-order valence-corrected chi connectivity index (χ3v) is 11.4. The molecule has 1 aliphatic carbocycles. The van der Waals surface area contributed by atoms with Gasteiger partial charge < -0.3 is 30.2 Å². The first-order valence-corrected chi connectivity index (χ1v) is 19.8. The van der Waals surface area contributed by atoms with Crippen molar-refractivity contribution in [3.63, 3.8) is 0 Å². The average molecular weight is 787 g/mol. The van der Waals surface area contributed by atoms with Gasteiger partial charge in [-0.25, -0.2) is 0 Å². The number of nitrogens with one attached hydrogen (secondary N) is 4. The maximum absolute atomic E-state index is 15.6. The standard InChI is InChI=1S/C35H52F2N6O10S/c1-51-30(44)24-28(40-33(47)29(23-26-10-6-3-7-11-26)41-54(49,50)43-16-20-53-21-17-43)32(46)39-27(22-25-8-4-2-5-9-25)31(45)35(36,37)34(48)38-12-13-42-14-18-52-19-15-42/h3,6-7,10-11,25,27-29,41H,2,4-5,8-9,12-24H2,1H3,(H,38,48)(H,39,46)(H,40,47)/t27-,28-,29-/m0/s1. The number of amides is 3. The predicted molar refractivity (Wildman–Crippen MR) is 190 cm³/mol. The number of ketones is 1. The van der Waals surface area contributed by atoms with E-state index in [1.807, 2.05) is 4.90 Å². The number of methoxy groups -OCH3 is 1. The van der Waals surface area contributed by atoms with Gasteiger partial charge in [-0.1, -0.05) is 62.4 Å². The van der Waals surface area contributed by atoms with Crippen LogP contribution in [-0.4, -0.2) is 144 Å². The lowest BCUT2D eigenvalue weighted by molar-refractivity contribution is -0.160. The zero-order chi connectivity index (χ0) is 39.1. The summed E-state index contributed by atoms with van der Waals surface area (Å²) in [4.78, 5) is 68.3. The number of esters is 1. The van der Waals surface area contributed by atoms with Gasteiger partial charge >= 0.3 is 11.9 Å². The number of carbonyl (C=O) groups is 5. The van der Waals surface area contributed by atoms with Gasteiger partial charge in [0.05, 0.1) is 46.0 Å². The number of carbonyl (C=O) groups excluding carboxylic acids is 5. The highest BCUT2D eigenvalue weighted by Crippen LogP contribution is 2.29. The van der Waals surface area contributed by atoms with Crippen molar-refractivity contribution in [3.8, 4) is 0 Å². The van der Waals surface area contributed by atoms with Gasteiger partial charge in [-0.3, -0.25) is 28.9 Å². The minimum atomic E-state index is -4.52. The molecule has 1 aromatic carbocycles. The lowest BCUT2D eigenvalue weighted by atomic mass is 9.83. The summed E-state index contributed by atoms with van der Waals surface area (Å²) in [6.07, 6.45) is 2.62. The van der Waals surface area contributed by atoms with Crippen LogP contribution in [0.1, 0.15) is 50.5 Å². The van der Waals surface area contributed by atoms with E-state index in [0.717, 1.165) is 30.7 Å². The molecule has 4 N–H and O–H groups in total. The van der Waals surface area contributed by atoms with Crippen LogP contribution in [-0.2, 0) is 54.8 Å². The van der Waals surface area contributed by atoms with Crippen LogP contribution in [0.2, 0.25) is 0 Å². The third kappa shape index (κ3) is 13.0. The molecule has 0 bridgehead atoms. The summed E-state index contributed by atoms with van der Waals surface area (Å²) in [6, 6.07) is 3.35. The first-order valence-electron chi connectivity index (χ1n) is 18.4. The third-order valence-electron chi connectivity index (χ3n) is 9.77. The number of alkyl halides is 2. The molecule has 1 saturated carbocycles. The molecule has 3 amide bonds. The van der Waals surface area contributed by atoms with Gasteiger partial charge in [0.2, 0.25) is 17.6 Å². The van der Waals surface area contributed by atoms with Crippen molar-refractivity contribution < 1.29 is 55.4 Å². The molecule has 2 heterocycles. The minimum Gasteiger partial charge on any atom is -0.469 e. The Kier molecular flexibility index (Phi) is 16.7. The van der Waals surface area contributed by atoms with Crippen molar-refractivity contribution in [1.82, 2.24) is 29.9 Å². The molecule has 1 aromatic rings. The maximum Gasteiger partial charge on any atom is 0.383 e. The Morgan fingerprint density at radius 1 is 0.870 bits per heavy atom. The van der Waals surface area contributed by atoms with Crippen LogP contribution in [0.4, 0.5) is 8.78 Å². The van der Waals surface area contributed by atoms with Crippen LogP contribution in [0.15, 0.2) is 30.3 Å². The summed E-state index contributed by atoms with van der Waals surface area (Å²) in [5.74, 6) is -11.5. The maximum atomic E-state index is 15.6. The summed E-state index contributed by atoms with van der Waals surface area (Å²) >= 11 is 0. The largest absolute Gasteiger partial charge is 0.469 e. The molecule has 54 heavy (non-hydrogen) atoms. The first kappa shape index (κ1) is 43.1. The van der Waals surface area contributed by atoms with E-state index in [4.69, 9.17) is 14.2 Å². The molecule has 3 aliphatic rings. The van der Waals surface area contributed by atoms with Crippen molar-refractivity contribution in [2.75, 3.05) is 72.8 Å². The second kappa shape index (κ2) is 20.9. The van der Waals surface area contributed by atoms with Crippen molar-refractivity contribution >= 4 is 39.7 Å². The molecule has 0 spiro atoms. The molecular weight excluding hydrogens is 734 g/mol. The van der Waals surface area contributed by atoms with Gasteiger partial charge in [-0.05, 0) is 24.3 Å². The Morgan fingerprint density at radius 3 is 2.09 bits per heavy atom. The Bertz CT molecular complexity index is 1520. The fourth-order valence-electron chi connectivity index (χ4n) is 6.66. The Labute approximate surface area is 314 Å². The summed E-state index contributed by atoms with van der Waals surface area (Å²) in [5, 5.41) is 6.82. The monoisotopic (exact) mass is 786 g/mol. The predicted octanol–water partition coefficient (Wildman–Crippen LogP) is -0.0798. The summed E-state index contributed by atoms with van der Waals surface area (Å²) in [5.41, 5.74) is 0.569. The zero-order valence-electron chi connectivity index (χ0n) is 30.6. The molecule has 3 atom stereocenters. The van der Waals surface area contributed by atoms with Gasteiger partial charge in [0.25, 0.3) is 16.1 Å². The SMILES string of the molecule is COC(=O)C[C@H](NC(=O)[C@H](Cc1ccccc1)NS(=O)(=O)N1CCOCC1)C(=O)N[C@@H](CC1CCCCC1)C(=O)C(F)(F)C(=O)NCCN1CCOCC1. The number of ether oxygens (including phenoxy) is 3. The Balaban J connectivity index is 1.53. The first-order chi connectivity index (χ1) is 25.8. The van der Waals surface area contributed by atoms with Crippen LogP contribution in [0, 0.1) is 5.92 Å². The van der Waals surface area contributed by atoms with Crippen molar-refractivity contribution in [2.45, 2.75) is 75.4 Å². The fourth-order valence-corrected chi connectivity index (χ4v) is 7.99. The molecule has 2 saturated heterocycles. The topological polar surface area (TPSA) is 202 Å². The normalized spacial score (nSPS) is 19.5. The highest BCUT2D eigenvalue weighted by atomic mass is 32.2. The zero-order valence-corrected chi connectivity index (χ0v) is 31.4. The Hall–Kier alpha value is -3.62. The number of hydrogen-bond donors (Lipinski definition) is 4. The highest BCUT2D eigenvalue weighted by Gasteiger charge is 2.51. The van der Waals surface area contributed by atoms with Crippen LogP contribution in [0.5, 0.6) is 0 Å². The number of morpholine rings is 2. The second-order valence-electron chi connectivity index (χ2n) is 13.7. The van der Waals surface area contributed by atoms with Gasteiger partial charge in [-0.2, -0.15) is 26.2 Å². The van der Waals surface area contributed by atoms with Crippen LogP contribution in [0.3, 0.4) is 0 Å². The van der Waals surface area contributed by atoms with Gasteiger partial charge in [0.1, 0.15) is 12.1 Å². The van der Waals surface area contributed by atoms with Gasteiger partial charge in [0, 0.05) is 39.3 Å². The number of nitrogens with zero attached hydrogens (tertiary/aromatic N) is 2. The van der Waals surface area contributed by atoms with E-state index in [-0.39, 0.29) is 58.2 Å². The van der Waals surface area contributed by atoms with Crippen molar-refractivity contribution in [2.24, 2.45) is 5.92 Å². The van der Waals surface area contributed by atoms with Crippen LogP contribution >= 0.6 is 0 Å². The number of benzene rings is 1. The van der Waals surface area contributed by atoms with E-state index in [9.17, 15) is 32.4 Å². The van der Waals surface area contributed by atoms with Crippen LogP contribution in [0.25, 0.3) is 0 Å². The summed E-state index contributed by atoms with van der Waals surface area (Å²) < 4.78 is 76.5. The van der Waals surface area contributed by atoms with E-state index >= 15 is 8.78 Å². The van der Waals surface area contributed by atoms with E-state index in [2.05, 4.69) is 20.7 Å². The Morgan fingerprint density at radius 2 is 1.46 bits per heavy atom. The number of Topliss-reactive ketones (excluding diaryl/α,β-unsaturated/α-hetero) is 1. The van der Waals surface area contributed by atoms with E-state index in [1.54, 1.807) is 30.3 Å². The van der Waals surface area contributed by atoms with Gasteiger partial charge in [0.15, 0.2) is 0 Å². The fraction of sp³-hybridized carbons (Fsp3) is 0.686. The summed E-state index contributed by atoms with van der Waals surface area (Å²) in [7, 11) is -3.20. The molecule has 4 rings (SSSR count). The minimum absolute atomic E-state index is 0.0370. The molecule has 302 valence electrons. The highest BCUT2D eigenvalue weighted by molar-refractivity contribution is 7.87. The molecule has 16 nitrogen and oxygen atoms in total. The number of halogens is 2. The van der Waals surface area contributed by atoms with E-state index < -0.39 is 70.2 Å². The molecule has 2 aliphatic heterocycles. The number of rotatable bonds is 19. The molecule has 19 heteroatoms. The average Bonchev–Trinajstić information content (AvgIpc) is 3.18. The van der Waals surface area contributed by atoms with Crippen molar-refractivity contribution in [3.05, 3.63) is 35.9 Å². The van der Waals surface area contributed by atoms with E-state index in [0.29, 0.717) is 44.7 Å². The van der Waals surface area contributed by atoms with E-state index in [1.165, 1.54) is 0 Å². The molecular formula is C35H52F2N6O10S. The molecule has 3 fully saturated rings. The molecule has 0 aromatic heterocycles. The molecule has 0 unspecified atom stereocenters. The second-order valence-corrected chi connectivity index (χ2v) is 15.4. The van der Waals surface area contributed by atoms with Gasteiger partial charge in [-0.15, -0.1) is 0 Å². The number of hydrogen-bond acceptors (Lipinski definition) is 11. The smallest absolute Gasteiger partial charge is 0.383 e. The van der Waals surface area contributed by atoms with Crippen molar-refractivity contribution in [1.29, 1.82) is 0 Å². The molecule has 0 radical (unpaired) electrons. The lowest BCUT2D eigenvalue weighted by Crippen LogP contribution is -2.60. The van der Waals surface area contributed by atoms with Crippen LogP contribution < -0.4 is 20.7 Å². The summed E-state index contributed by atoms with van der Waals surface area (Å²) in [6.45, 7) is 2.57. The lowest BCUT2D eigenvalue weighted by Gasteiger charge is -2.30. The quantitative estimate of drug-likeness (QED) is 0.108.